The van der Waals surface area contributed by atoms with E-state index in [1.165, 1.54) is 13.5 Å². The molecule has 1 aliphatic rings. The van der Waals surface area contributed by atoms with E-state index in [0.717, 1.165) is 12.8 Å². The Morgan fingerprint density at radius 2 is 2.27 bits per heavy atom. The SMILES string of the molecule is COC(=O)CC1(CN)CCC1. The van der Waals surface area contributed by atoms with Crippen LogP contribution < -0.4 is 5.73 Å². The fourth-order valence-corrected chi connectivity index (χ4v) is 1.51. The summed E-state index contributed by atoms with van der Waals surface area (Å²) >= 11 is 0. The van der Waals surface area contributed by atoms with Crippen molar-refractivity contribution < 1.29 is 9.53 Å². The van der Waals surface area contributed by atoms with E-state index < -0.39 is 0 Å². The van der Waals surface area contributed by atoms with Gasteiger partial charge >= 0.3 is 5.97 Å². The first-order valence-electron chi connectivity index (χ1n) is 3.99. The van der Waals surface area contributed by atoms with Crippen LogP contribution >= 0.6 is 0 Å². The average molecular weight is 157 g/mol. The maximum Gasteiger partial charge on any atom is 0.306 e. The molecule has 0 aromatic heterocycles. The van der Waals surface area contributed by atoms with Crippen molar-refractivity contribution >= 4 is 5.97 Å². The van der Waals surface area contributed by atoms with Crippen molar-refractivity contribution in [3.8, 4) is 0 Å². The van der Waals surface area contributed by atoms with E-state index in [2.05, 4.69) is 4.74 Å². The zero-order valence-electron chi connectivity index (χ0n) is 6.93. The number of esters is 1. The van der Waals surface area contributed by atoms with Gasteiger partial charge in [0.15, 0.2) is 0 Å². The van der Waals surface area contributed by atoms with Crippen molar-refractivity contribution in [3.05, 3.63) is 0 Å². The van der Waals surface area contributed by atoms with Crippen molar-refractivity contribution in [1.82, 2.24) is 0 Å². The van der Waals surface area contributed by atoms with E-state index in [4.69, 9.17) is 5.73 Å². The minimum Gasteiger partial charge on any atom is -0.469 e. The molecule has 64 valence electrons. The zero-order valence-corrected chi connectivity index (χ0v) is 6.93. The number of methoxy groups -OCH3 is 1. The van der Waals surface area contributed by atoms with E-state index in [0.29, 0.717) is 13.0 Å². The van der Waals surface area contributed by atoms with Crippen molar-refractivity contribution in [2.75, 3.05) is 13.7 Å². The lowest BCUT2D eigenvalue weighted by atomic mass is 9.67. The minimum absolute atomic E-state index is 0.0904. The molecule has 1 saturated carbocycles. The Bertz CT molecular complexity index is 147. The predicted octanol–water partition coefficient (Wildman–Crippen LogP) is 0.678. The standard InChI is InChI=1S/C8H15NO2/c1-11-7(10)5-8(6-9)3-2-4-8/h2-6,9H2,1H3. The Kier molecular flexibility index (Phi) is 2.49. The lowest BCUT2D eigenvalue weighted by molar-refractivity contribution is -0.144. The van der Waals surface area contributed by atoms with Crippen LogP contribution in [0.3, 0.4) is 0 Å². The first-order chi connectivity index (χ1) is 5.22. The summed E-state index contributed by atoms with van der Waals surface area (Å²) in [5.74, 6) is -0.129. The van der Waals surface area contributed by atoms with Crippen LogP contribution in [-0.2, 0) is 9.53 Å². The molecule has 0 heterocycles. The van der Waals surface area contributed by atoms with Gasteiger partial charge in [0, 0.05) is 0 Å². The maximum absolute atomic E-state index is 10.9. The van der Waals surface area contributed by atoms with Gasteiger partial charge in [0.25, 0.3) is 0 Å². The summed E-state index contributed by atoms with van der Waals surface area (Å²) in [6.07, 6.45) is 3.87. The number of rotatable bonds is 3. The molecular weight excluding hydrogens is 142 g/mol. The molecule has 0 atom stereocenters. The van der Waals surface area contributed by atoms with Crippen molar-refractivity contribution in [2.45, 2.75) is 25.7 Å². The third-order valence-corrected chi connectivity index (χ3v) is 2.59. The minimum atomic E-state index is -0.129. The average Bonchev–Trinajstić information content (AvgIpc) is 1.96. The largest absolute Gasteiger partial charge is 0.469 e. The van der Waals surface area contributed by atoms with Crippen LogP contribution in [0, 0.1) is 5.41 Å². The van der Waals surface area contributed by atoms with Crippen LogP contribution in [0.4, 0.5) is 0 Å². The zero-order chi connectivity index (χ0) is 8.32. The van der Waals surface area contributed by atoms with Gasteiger partial charge in [0.2, 0.25) is 0 Å². The van der Waals surface area contributed by atoms with Gasteiger partial charge in [0.1, 0.15) is 0 Å². The summed E-state index contributed by atoms with van der Waals surface area (Å²) in [6.45, 7) is 0.613. The Morgan fingerprint density at radius 3 is 2.55 bits per heavy atom. The second-order valence-corrected chi connectivity index (χ2v) is 3.31. The third kappa shape index (κ3) is 1.71. The van der Waals surface area contributed by atoms with Crippen LogP contribution in [-0.4, -0.2) is 19.6 Å². The van der Waals surface area contributed by atoms with Gasteiger partial charge < -0.3 is 10.5 Å². The van der Waals surface area contributed by atoms with E-state index in [1.54, 1.807) is 0 Å². The highest BCUT2D eigenvalue weighted by molar-refractivity contribution is 5.70. The molecule has 2 N–H and O–H groups in total. The molecule has 1 fully saturated rings. The highest BCUT2D eigenvalue weighted by atomic mass is 16.5. The van der Waals surface area contributed by atoms with Gasteiger partial charge in [-0.15, -0.1) is 0 Å². The Balaban J connectivity index is 2.38. The summed E-state index contributed by atoms with van der Waals surface area (Å²) < 4.78 is 4.59. The molecular formula is C8H15NO2. The molecule has 0 bridgehead atoms. The van der Waals surface area contributed by atoms with Crippen LogP contribution in [0.5, 0.6) is 0 Å². The van der Waals surface area contributed by atoms with Gasteiger partial charge in [-0.2, -0.15) is 0 Å². The second kappa shape index (κ2) is 3.22. The van der Waals surface area contributed by atoms with Crippen molar-refractivity contribution in [2.24, 2.45) is 11.1 Å². The van der Waals surface area contributed by atoms with Gasteiger partial charge in [-0.25, -0.2) is 0 Å². The Labute approximate surface area is 66.9 Å². The van der Waals surface area contributed by atoms with Crippen LogP contribution in [0.15, 0.2) is 0 Å². The molecule has 3 nitrogen and oxygen atoms in total. The smallest absolute Gasteiger partial charge is 0.306 e. The fraction of sp³-hybridized carbons (Fsp3) is 0.875. The number of hydrogen-bond acceptors (Lipinski definition) is 3. The van der Waals surface area contributed by atoms with Gasteiger partial charge in [-0.1, -0.05) is 6.42 Å². The van der Waals surface area contributed by atoms with E-state index >= 15 is 0 Å². The molecule has 0 spiro atoms. The van der Waals surface area contributed by atoms with Gasteiger partial charge in [0.05, 0.1) is 13.5 Å². The summed E-state index contributed by atoms with van der Waals surface area (Å²) in [5, 5.41) is 0. The highest BCUT2D eigenvalue weighted by Gasteiger charge is 2.37. The van der Waals surface area contributed by atoms with E-state index in [9.17, 15) is 4.79 Å². The number of nitrogens with two attached hydrogens (primary N) is 1. The van der Waals surface area contributed by atoms with Gasteiger partial charge in [-0.05, 0) is 24.8 Å². The molecule has 0 saturated heterocycles. The molecule has 0 aromatic rings. The quantitative estimate of drug-likeness (QED) is 0.613. The summed E-state index contributed by atoms with van der Waals surface area (Å²) in [7, 11) is 1.42. The van der Waals surface area contributed by atoms with E-state index in [1.807, 2.05) is 0 Å². The molecule has 0 unspecified atom stereocenters. The normalized spacial score (nSPS) is 20.5. The molecule has 1 rings (SSSR count). The number of ether oxygens (including phenoxy) is 1. The predicted molar refractivity (Wildman–Crippen MR) is 42.0 cm³/mol. The maximum atomic E-state index is 10.9. The summed E-state index contributed by atoms with van der Waals surface area (Å²) in [4.78, 5) is 10.9. The summed E-state index contributed by atoms with van der Waals surface area (Å²) in [6, 6.07) is 0. The first-order valence-corrected chi connectivity index (χ1v) is 3.99. The molecule has 0 amide bonds. The monoisotopic (exact) mass is 157 g/mol. The van der Waals surface area contributed by atoms with Crippen LogP contribution in [0.2, 0.25) is 0 Å². The molecule has 1 aliphatic carbocycles. The second-order valence-electron chi connectivity index (χ2n) is 3.31. The first kappa shape index (κ1) is 8.53. The third-order valence-electron chi connectivity index (χ3n) is 2.59. The van der Waals surface area contributed by atoms with E-state index in [-0.39, 0.29) is 11.4 Å². The number of carbonyl (C=O) groups is 1. The van der Waals surface area contributed by atoms with Crippen molar-refractivity contribution in [1.29, 1.82) is 0 Å². The van der Waals surface area contributed by atoms with Crippen molar-refractivity contribution in [3.63, 3.8) is 0 Å². The lowest BCUT2D eigenvalue weighted by Crippen LogP contribution is -2.39. The molecule has 3 heteroatoms. The molecule has 0 radical (unpaired) electrons. The topological polar surface area (TPSA) is 52.3 Å². The Morgan fingerprint density at radius 1 is 1.64 bits per heavy atom. The molecule has 0 aromatic carbocycles. The van der Waals surface area contributed by atoms with Crippen LogP contribution in [0.25, 0.3) is 0 Å². The fourth-order valence-electron chi connectivity index (χ4n) is 1.51. The Hall–Kier alpha value is -0.570. The number of carbonyl (C=O) groups excluding carboxylic acids is 1. The van der Waals surface area contributed by atoms with Gasteiger partial charge in [-0.3, -0.25) is 4.79 Å². The number of hydrogen-bond donors (Lipinski definition) is 1. The molecule has 11 heavy (non-hydrogen) atoms. The summed E-state index contributed by atoms with van der Waals surface area (Å²) in [5.41, 5.74) is 5.65. The lowest BCUT2D eigenvalue weighted by Gasteiger charge is -2.39. The molecule has 0 aliphatic heterocycles. The van der Waals surface area contributed by atoms with Crippen LogP contribution in [0.1, 0.15) is 25.7 Å². The highest BCUT2D eigenvalue weighted by Crippen LogP contribution is 2.42.